The molecule has 0 fully saturated rings. The molecular formula is C25H30F3N5O3. The van der Waals surface area contributed by atoms with Crippen LogP contribution in [0.5, 0.6) is 0 Å². The number of hydrogen-bond acceptors (Lipinski definition) is 7. The minimum Gasteiger partial charge on any atom is -0.356 e. The highest BCUT2D eigenvalue weighted by Crippen LogP contribution is 2.39. The molecule has 0 saturated heterocycles. The molecular weight excluding hydrogens is 475 g/mol. The Morgan fingerprint density at radius 2 is 2.00 bits per heavy atom. The van der Waals surface area contributed by atoms with E-state index in [1.807, 2.05) is 11.3 Å². The van der Waals surface area contributed by atoms with Gasteiger partial charge in [0.25, 0.3) is 0 Å². The van der Waals surface area contributed by atoms with E-state index >= 15 is 0 Å². The summed E-state index contributed by atoms with van der Waals surface area (Å²) in [6.45, 7) is 9.22. The molecule has 194 valence electrons. The molecule has 2 atom stereocenters. The first kappa shape index (κ1) is 26.1. The molecule has 0 radical (unpaired) electrons. The highest BCUT2D eigenvalue weighted by molar-refractivity contribution is 5.81. The van der Waals surface area contributed by atoms with Crippen LogP contribution in [0.15, 0.2) is 24.4 Å². The first-order valence-electron chi connectivity index (χ1n) is 11.8. The van der Waals surface area contributed by atoms with E-state index in [0.717, 1.165) is 23.0 Å². The van der Waals surface area contributed by atoms with Crippen LogP contribution in [0.3, 0.4) is 0 Å². The number of rotatable bonds is 8. The molecule has 0 amide bonds. The Balaban J connectivity index is 1.87. The Hall–Kier alpha value is -3.02. The van der Waals surface area contributed by atoms with Gasteiger partial charge in [0, 0.05) is 36.6 Å². The zero-order valence-electron chi connectivity index (χ0n) is 20.9. The summed E-state index contributed by atoms with van der Waals surface area (Å²) in [5.74, 6) is 0.704. The maximum atomic E-state index is 13.6. The van der Waals surface area contributed by atoms with Crippen molar-refractivity contribution < 1.29 is 27.8 Å². The predicted octanol–water partition coefficient (Wildman–Crippen LogP) is 4.15. The van der Waals surface area contributed by atoms with Crippen molar-refractivity contribution in [3.8, 4) is 0 Å². The standard InChI is InChI=1S/C25H30F3N5O3/c1-6-36-24(35)31-12-19-21(13-31)33-14(2)10-29-23(33)30-22(19)32(11-15(3)34)17(5)18-8-7-9-20(16(18)4)25(26,27)28/h7-10,17,24,35H,6,11-13H2,1-5H3/t17-,24?/m1/s1. The van der Waals surface area contributed by atoms with Crippen LogP contribution in [0.25, 0.3) is 5.78 Å². The molecule has 1 unspecified atom stereocenters. The van der Waals surface area contributed by atoms with Crippen molar-refractivity contribution in [1.82, 2.24) is 19.3 Å². The largest absolute Gasteiger partial charge is 0.416 e. The predicted molar refractivity (Wildman–Crippen MR) is 127 cm³/mol. The van der Waals surface area contributed by atoms with Crippen LogP contribution in [-0.4, -0.2) is 49.7 Å². The molecule has 0 saturated carbocycles. The van der Waals surface area contributed by atoms with Gasteiger partial charge in [-0.25, -0.2) is 9.88 Å². The molecule has 1 aliphatic heterocycles. The number of nitrogens with zero attached hydrogens (tertiary/aromatic N) is 5. The van der Waals surface area contributed by atoms with E-state index in [-0.39, 0.29) is 24.4 Å². The molecule has 0 spiro atoms. The maximum Gasteiger partial charge on any atom is 0.416 e. The molecule has 1 N–H and O–H groups in total. The van der Waals surface area contributed by atoms with Crippen LogP contribution < -0.4 is 4.90 Å². The number of aliphatic hydroxyl groups is 1. The summed E-state index contributed by atoms with van der Waals surface area (Å²) in [4.78, 5) is 25.0. The molecule has 1 aliphatic rings. The Morgan fingerprint density at radius 3 is 2.64 bits per heavy atom. The lowest BCUT2D eigenvalue weighted by molar-refractivity contribution is -0.193. The number of hydrogen-bond donors (Lipinski definition) is 1. The van der Waals surface area contributed by atoms with Crippen molar-refractivity contribution in [1.29, 1.82) is 0 Å². The Labute approximate surface area is 207 Å². The summed E-state index contributed by atoms with van der Waals surface area (Å²) in [6, 6.07) is 3.49. The number of fused-ring (bicyclic) bond motifs is 3. The zero-order chi connectivity index (χ0) is 26.4. The van der Waals surface area contributed by atoms with E-state index in [1.165, 1.54) is 19.9 Å². The van der Waals surface area contributed by atoms with Crippen LogP contribution in [0, 0.1) is 13.8 Å². The van der Waals surface area contributed by atoms with E-state index in [4.69, 9.17) is 9.72 Å². The fourth-order valence-electron chi connectivity index (χ4n) is 4.91. The van der Waals surface area contributed by atoms with Crippen molar-refractivity contribution in [3.05, 3.63) is 58.0 Å². The molecule has 2 aromatic heterocycles. The van der Waals surface area contributed by atoms with E-state index in [2.05, 4.69) is 4.98 Å². The smallest absolute Gasteiger partial charge is 0.356 e. The Kier molecular flexibility index (Phi) is 7.09. The summed E-state index contributed by atoms with van der Waals surface area (Å²) in [5, 5.41) is 10.5. The third-order valence-corrected chi connectivity index (χ3v) is 6.62. The lowest BCUT2D eigenvalue weighted by atomic mass is 9.96. The third kappa shape index (κ3) is 4.70. The van der Waals surface area contributed by atoms with Crippen LogP contribution in [0.4, 0.5) is 19.0 Å². The minimum atomic E-state index is -4.49. The van der Waals surface area contributed by atoms with Crippen LogP contribution in [0.1, 0.15) is 60.5 Å². The minimum absolute atomic E-state index is 0.0554. The van der Waals surface area contributed by atoms with Gasteiger partial charge in [-0.3, -0.25) is 9.20 Å². The Bertz CT molecular complexity index is 1290. The topological polar surface area (TPSA) is 83.2 Å². The summed E-state index contributed by atoms with van der Waals surface area (Å²) < 4.78 is 48.2. The number of Topliss-reactive ketones (excluding diaryl/α,β-unsaturated/α-hetero) is 1. The Morgan fingerprint density at radius 1 is 1.28 bits per heavy atom. The number of carbonyl (C=O) groups excluding carboxylic acids is 1. The van der Waals surface area contributed by atoms with Crippen molar-refractivity contribution in [2.45, 2.75) is 66.3 Å². The van der Waals surface area contributed by atoms with Gasteiger partial charge in [-0.2, -0.15) is 18.2 Å². The number of ketones is 1. The van der Waals surface area contributed by atoms with Gasteiger partial charge in [-0.15, -0.1) is 0 Å². The lowest BCUT2D eigenvalue weighted by Crippen LogP contribution is -2.35. The molecule has 0 bridgehead atoms. The summed E-state index contributed by atoms with van der Waals surface area (Å²) >= 11 is 0. The normalized spacial score (nSPS) is 15.8. The monoisotopic (exact) mass is 505 g/mol. The molecule has 3 aromatic rings. The quantitative estimate of drug-likeness (QED) is 0.461. The number of carbonyl (C=O) groups is 1. The van der Waals surface area contributed by atoms with E-state index in [0.29, 0.717) is 30.3 Å². The average Bonchev–Trinajstić information content (AvgIpc) is 3.40. The molecule has 8 nitrogen and oxygen atoms in total. The van der Waals surface area contributed by atoms with Crippen molar-refractivity contribution in [2.75, 3.05) is 18.1 Å². The second-order valence-corrected chi connectivity index (χ2v) is 9.11. The summed E-state index contributed by atoms with van der Waals surface area (Å²) in [6.07, 6.45) is -3.95. The highest BCUT2D eigenvalue weighted by atomic mass is 19.4. The molecule has 36 heavy (non-hydrogen) atoms. The van der Waals surface area contributed by atoms with Gasteiger partial charge in [-0.1, -0.05) is 12.1 Å². The number of ether oxygens (including phenoxy) is 1. The van der Waals surface area contributed by atoms with Crippen LogP contribution in [0.2, 0.25) is 0 Å². The molecule has 3 heterocycles. The number of aromatic nitrogens is 3. The van der Waals surface area contributed by atoms with Gasteiger partial charge >= 0.3 is 6.18 Å². The second-order valence-electron chi connectivity index (χ2n) is 9.11. The SMILES string of the molecule is CCOC(O)N1Cc2c(N(CC(C)=O)[C@H](C)c3cccc(C(F)(F)F)c3C)nc3ncc(C)n3c2C1. The van der Waals surface area contributed by atoms with E-state index in [1.54, 1.807) is 35.9 Å². The number of benzene rings is 1. The van der Waals surface area contributed by atoms with Crippen LogP contribution in [-0.2, 0) is 28.8 Å². The fraction of sp³-hybridized carbons (Fsp3) is 0.480. The van der Waals surface area contributed by atoms with E-state index in [9.17, 15) is 23.1 Å². The molecule has 4 rings (SSSR count). The zero-order valence-corrected chi connectivity index (χ0v) is 20.9. The van der Waals surface area contributed by atoms with Gasteiger partial charge in [0.2, 0.25) is 12.2 Å². The van der Waals surface area contributed by atoms with Gasteiger partial charge in [-0.05, 0) is 51.8 Å². The number of imidazole rings is 1. The van der Waals surface area contributed by atoms with Gasteiger partial charge < -0.3 is 14.7 Å². The molecule has 0 aliphatic carbocycles. The number of aliphatic hydroxyl groups excluding tert-OH is 1. The van der Waals surface area contributed by atoms with Gasteiger partial charge in [0.15, 0.2) is 0 Å². The van der Waals surface area contributed by atoms with Crippen molar-refractivity contribution >= 4 is 17.4 Å². The van der Waals surface area contributed by atoms with Gasteiger partial charge in [0.05, 0.1) is 24.3 Å². The highest BCUT2D eigenvalue weighted by Gasteiger charge is 2.36. The maximum absolute atomic E-state index is 13.6. The third-order valence-electron chi connectivity index (χ3n) is 6.62. The second kappa shape index (κ2) is 9.79. The number of halogens is 3. The first-order valence-corrected chi connectivity index (χ1v) is 11.8. The number of alkyl halides is 3. The number of aryl methyl sites for hydroxylation is 1. The first-order chi connectivity index (χ1) is 16.9. The summed E-state index contributed by atoms with van der Waals surface area (Å²) in [5.41, 5.74) is 2.30. The van der Waals surface area contributed by atoms with Crippen molar-refractivity contribution in [3.63, 3.8) is 0 Å². The number of anilines is 1. The average molecular weight is 506 g/mol. The van der Waals surface area contributed by atoms with Crippen LogP contribution >= 0.6 is 0 Å². The lowest BCUT2D eigenvalue weighted by Gasteiger charge is -2.33. The van der Waals surface area contributed by atoms with E-state index < -0.39 is 24.2 Å². The van der Waals surface area contributed by atoms with Gasteiger partial charge in [0.1, 0.15) is 11.6 Å². The van der Waals surface area contributed by atoms with Crippen molar-refractivity contribution in [2.24, 2.45) is 0 Å². The molecule has 11 heteroatoms. The fourth-order valence-corrected chi connectivity index (χ4v) is 4.91. The molecule has 1 aromatic carbocycles. The summed E-state index contributed by atoms with van der Waals surface area (Å²) in [7, 11) is 0.